The number of nitrogens with zero attached hydrogens (tertiary/aromatic N) is 1. The summed E-state index contributed by atoms with van der Waals surface area (Å²) in [6.45, 7) is 2.57. The van der Waals surface area contributed by atoms with Crippen LogP contribution >= 0.6 is 12.4 Å². The van der Waals surface area contributed by atoms with Crippen molar-refractivity contribution in [2.24, 2.45) is 5.73 Å². The lowest BCUT2D eigenvalue weighted by Crippen LogP contribution is -2.46. The zero-order valence-corrected chi connectivity index (χ0v) is 13.0. The normalized spacial score (nSPS) is 20.1. The molecule has 1 unspecified atom stereocenters. The van der Waals surface area contributed by atoms with Gasteiger partial charge in [-0.15, -0.1) is 12.4 Å². The molecule has 1 saturated heterocycles. The molecule has 114 valence electrons. The van der Waals surface area contributed by atoms with Crippen molar-refractivity contribution in [3.05, 3.63) is 36.0 Å². The summed E-state index contributed by atoms with van der Waals surface area (Å²) in [6.07, 6.45) is 3.23. The second-order valence-electron chi connectivity index (χ2n) is 5.64. The van der Waals surface area contributed by atoms with E-state index in [9.17, 15) is 4.79 Å². The minimum Gasteiger partial charge on any atom is -0.357 e. The molecule has 1 aromatic carbocycles. The highest BCUT2D eigenvalue weighted by Gasteiger charge is 2.30. The average Bonchev–Trinajstić information content (AvgIpc) is 2.90. The predicted molar refractivity (Wildman–Crippen MR) is 87.5 cm³/mol. The maximum Gasteiger partial charge on any atom is 0.239 e. The van der Waals surface area contributed by atoms with Gasteiger partial charge in [-0.1, -0.05) is 18.2 Å². The Balaban J connectivity index is 0.00000161. The van der Waals surface area contributed by atoms with E-state index in [0.717, 1.165) is 37.0 Å². The SMILES string of the molecule is C[C@H](N)C(=O)N1CCCCC1c1cc2ccccc2[nH]1.Cl. The van der Waals surface area contributed by atoms with Gasteiger partial charge in [0.2, 0.25) is 5.91 Å². The van der Waals surface area contributed by atoms with Crippen molar-refractivity contribution in [2.75, 3.05) is 6.54 Å². The first kappa shape index (κ1) is 15.9. The highest BCUT2D eigenvalue weighted by Crippen LogP contribution is 2.32. The number of hydrogen-bond acceptors (Lipinski definition) is 2. The molecule has 0 aliphatic carbocycles. The molecule has 2 heterocycles. The predicted octanol–water partition coefficient (Wildman–Crippen LogP) is 2.99. The summed E-state index contributed by atoms with van der Waals surface area (Å²) in [5.41, 5.74) is 8.03. The fourth-order valence-electron chi connectivity index (χ4n) is 3.06. The molecule has 0 bridgehead atoms. The Bertz CT molecular complexity index is 590. The van der Waals surface area contributed by atoms with Crippen molar-refractivity contribution in [1.82, 2.24) is 9.88 Å². The average molecular weight is 308 g/mol. The number of amides is 1. The maximum atomic E-state index is 12.3. The third-order valence-electron chi connectivity index (χ3n) is 4.09. The van der Waals surface area contributed by atoms with E-state index in [-0.39, 0.29) is 24.4 Å². The number of aromatic amines is 1. The molecule has 0 saturated carbocycles. The molecular formula is C16H22ClN3O. The molecule has 1 aliphatic heterocycles. The Morgan fingerprint density at radius 3 is 2.86 bits per heavy atom. The van der Waals surface area contributed by atoms with E-state index in [1.807, 2.05) is 17.0 Å². The van der Waals surface area contributed by atoms with Crippen LogP contribution in [0.25, 0.3) is 10.9 Å². The molecule has 0 radical (unpaired) electrons. The highest BCUT2D eigenvalue weighted by atomic mass is 35.5. The topological polar surface area (TPSA) is 62.1 Å². The lowest BCUT2D eigenvalue weighted by atomic mass is 9.98. The fourth-order valence-corrected chi connectivity index (χ4v) is 3.06. The largest absolute Gasteiger partial charge is 0.357 e. The molecule has 2 atom stereocenters. The van der Waals surface area contributed by atoms with E-state index in [2.05, 4.69) is 23.2 Å². The number of piperidine rings is 1. The molecule has 5 heteroatoms. The van der Waals surface area contributed by atoms with Gasteiger partial charge >= 0.3 is 0 Å². The van der Waals surface area contributed by atoms with E-state index < -0.39 is 6.04 Å². The number of nitrogens with two attached hydrogens (primary N) is 1. The number of hydrogen-bond donors (Lipinski definition) is 2. The molecule has 4 nitrogen and oxygen atoms in total. The Kier molecular flexibility index (Phi) is 4.91. The second-order valence-corrected chi connectivity index (χ2v) is 5.64. The molecule has 3 N–H and O–H groups in total. The van der Waals surface area contributed by atoms with E-state index in [1.165, 1.54) is 5.39 Å². The van der Waals surface area contributed by atoms with Crippen molar-refractivity contribution in [1.29, 1.82) is 0 Å². The maximum absolute atomic E-state index is 12.3. The molecule has 1 aromatic heterocycles. The zero-order valence-electron chi connectivity index (χ0n) is 12.2. The van der Waals surface area contributed by atoms with Gasteiger partial charge in [-0.25, -0.2) is 0 Å². The van der Waals surface area contributed by atoms with Crippen molar-refractivity contribution >= 4 is 29.2 Å². The Labute approximate surface area is 131 Å². The molecule has 1 amide bonds. The van der Waals surface area contributed by atoms with Gasteiger partial charge in [0.25, 0.3) is 0 Å². The fraction of sp³-hybridized carbons (Fsp3) is 0.438. The number of rotatable bonds is 2. The second kappa shape index (κ2) is 6.50. The van der Waals surface area contributed by atoms with Crippen molar-refractivity contribution in [3.63, 3.8) is 0 Å². The lowest BCUT2D eigenvalue weighted by molar-refractivity contribution is -0.136. The summed E-state index contributed by atoms with van der Waals surface area (Å²) >= 11 is 0. The summed E-state index contributed by atoms with van der Waals surface area (Å²) < 4.78 is 0. The standard InChI is InChI=1S/C16H21N3O.ClH/c1-11(17)16(20)19-9-5-4-8-15(19)14-10-12-6-2-3-7-13(12)18-14;/h2-3,6-7,10-11,15,18H,4-5,8-9,17H2,1H3;1H/t11-,15?;/m0./s1. The van der Waals surface area contributed by atoms with Crippen LogP contribution in [0.1, 0.15) is 37.9 Å². The van der Waals surface area contributed by atoms with Gasteiger partial charge in [-0.05, 0) is 43.7 Å². The number of carbonyl (C=O) groups excluding carboxylic acids is 1. The van der Waals surface area contributed by atoms with E-state index in [4.69, 9.17) is 5.73 Å². The molecule has 21 heavy (non-hydrogen) atoms. The van der Waals surface area contributed by atoms with Gasteiger partial charge in [0.15, 0.2) is 0 Å². The first-order chi connectivity index (χ1) is 9.66. The number of likely N-dealkylation sites (tertiary alicyclic amines) is 1. The summed E-state index contributed by atoms with van der Waals surface area (Å²) in [6, 6.07) is 10.1. The number of benzene rings is 1. The van der Waals surface area contributed by atoms with Crippen LogP contribution in [-0.4, -0.2) is 28.4 Å². The number of para-hydroxylation sites is 1. The van der Waals surface area contributed by atoms with Crippen LogP contribution in [0.4, 0.5) is 0 Å². The quantitative estimate of drug-likeness (QED) is 0.896. The smallest absolute Gasteiger partial charge is 0.239 e. The van der Waals surface area contributed by atoms with Crippen LogP contribution < -0.4 is 5.73 Å². The monoisotopic (exact) mass is 307 g/mol. The van der Waals surface area contributed by atoms with Gasteiger partial charge < -0.3 is 15.6 Å². The number of aromatic nitrogens is 1. The number of halogens is 1. The molecular weight excluding hydrogens is 286 g/mol. The van der Waals surface area contributed by atoms with Crippen molar-refractivity contribution < 1.29 is 4.79 Å². The lowest BCUT2D eigenvalue weighted by Gasteiger charge is -2.36. The van der Waals surface area contributed by atoms with Gasteiger partial charge in [0, 0.05) is 17.8 Å². The van der Waals surface area contributed by atoms with E-state index >= 15 is 0 Å². The Hall–Kier alpha value is -1.52. The molecule has 1 aliphatic rings. The molecule has 1 fully saturated rings. The summed E-state index contributed by atoms with van der Waals surface area (Å²) in [7, 11) is 0. The molecule has 0 spiro atoms. The number of fused-ring (bicyclic) bond motifs is 1. The number of H-pyrrole nitrogens is 1. The van der Waals surface area contributed by atoms with Crippen molar-refractivity contribution in [2.45, 2.75) is 38.3 Å². The van der Waals surface area contributed by atoms with Crippen LogP contribution in [-0.2, 0) is 4.79 Å². The van der Waals surface area contributed by atoms with Gasteiger partial charge in [0.1, 0.15) is 0 Å². The van der Waals surface area contributed by atoms with Crippen LogP contribution in [0.15, 0.2) is 30.3 Å². The minimum absolute atomic E-state index is 0. The third kappa shape index (κ3) is 3.06. The van der Waals surface area contributed by atoms with Crippen LogP contribution in [0, 0.1) is 0 Å². The van der Waals surface area contributed by atoms with Crippen LogP contribution in [0.2, 0.25) is 0 Å². The highest BCUT2D eigenvalue weighted by molar-refractivity contribution is 5.85. The third-order valence-corrected chi connectivity index (χ3v) is 4.09. The van der Waals surface area contributed by atoms with Crippen LogP contribution in [0.3, 0.4) is 0 Å². The number of carbonyl (C=O) groups is 1. The summed E-state index contributed by atoms with van der Waals surface area (Å²) in [5.74, 6) is 0.0494. The minimum atomic E-state index is -0.431. The zero-order chi connectivity index (χ0) is 14.1. The summed E-state index contributed by atoms with van der Waals surface area (Å²) in [5, 5.41) is 1.20. The Morgan fingerprint density at radius 2 is 2.14 bits per heavy atom. The van der Waals surface area contributed by atoms with E-state index in [1.54, 1.807) is 6.92 Å². The first-order valence-corrected chi connectivity index (χ1v) is 7.30. The number of nitrogens with one attached hydrogen (secondary N) is 1. The van der Waals surface area contributed by atoms with E-state index in [0.29, 0.717) is 0 Å². The van der Waals surface area contributed by atoms with Gasteiger partial charge in [-0.3, -0.25) is 4.79 Å². The van der Waals surface area contributed by atoms with Gasteiger partial charge in [-0.2, -0.15) is 0 Å². The Morgan fingerprint density at radius 1 is 1.38 bits per heavy atom. The molecule has 3 rings (SSSR count). The van der Waals surface area contributed by atoms with Crippen LogP contribution in [0.5, 0.6) is 0 Å². The van der Waals surface area contributed by atoms with Crippen molar-refractivity contribution in [3.8, 4) is 0 Å². The molecule has 2 aromatic rings. The summed E-state index contributed by atoms with van der Waals surface area (Å²) in [4.78, 5) is 17.7. The van der Waals surface area contributed by atoms with Gasteiger partial charge in [0.05, 0.1) is 12.1 Å². The first-order valence-electron chi connectivity index (χ1n) is 7.30.